The summed E-state index contributed by atoms with van der Waals surface area (Å²) in [7, 11) is 0. The SMILES string of the molecule is CC(=O)Oc1ccc(N2C(=O)C3C(C2=O)C2c4ccccc4C=NN2C3C(=O)c2ccccc2)cc1. The largest absolute Gasteiger partial charge is 0.427 e. The van der Waals surface area contributed by atoms with Gasteiger partial charge in [-0.3, -0.25) is 24.2 Å². The second kappa shape index (κ2) is 8.27. The van der Waals surface area contributed by atoms with Gasteiger partial charge in [-0.1, -0.05) is 54.6 Å². The zero-order valence-electron chi connectivity index (χ0n) is 19.3. The standard InChI is InChI=1S/C28H21N3O5/c1-16(32)36-20-13-11-19(12-14-20)30-27(34)22-23(28(30)35)25(26(33)17-7-3-2-4-8-17)31-24(22)21-10-6-5-9-18(21)15-29-31/h2-15,22-25H,1H3. The number of ether oxygens (including phenoxy) is 1. The van der Waals surface area contributed by atoms with Crippen molar-refractivity contribution in [3.05, 3.63) is 95.6 Å². The van der Waals surface area contributed by atoms with Crippen LogP contribution < -0.4 is 9.64 Å². The van der Waals surface area contributed by atoms with E-state index in [1.807, 2.05) is 30.3 Å². The molecule has 0 aliphatic carbocycles. The van der Waals surface area contributed by atoms with E-state index in [0.717, 1.165) is 16.0 Å². The topological polar surface area (TPSA) is 96.3 Å². The fourth-order valence-electron chi connectivity index (χ4n) is 5.53. The van der Waals surface area contributed by atoms with Gasteiger partial charge in [0.2, 0.25) is 11.8 Å². The molecule has 4 atom stereocenters. The fourth-order valence-corrected chi connectivity index (χ4v) is 5.53. The molecule has 4 unspecified atom stereocenters. The predicted molar refractivity (Wildman–Crippen MR) is 130 cm³/mol. The lowest BCUT2D eigenvalue weighted by Gasteiger charge is -2.33. The number of ketones is 1. The monoisotopic (exact) mass is 479 g/mol. The molecule has 0 radical (unpaired) electrons. The van der Waals surface area contributed by atoms with Crippen molar-refractivity contribution in [1.29, 1.82) is 0 Å². The molecule has 8 nitrogen and oxygen atoms in total. The van der Waals surface area contributed by atoms with E-state index >= 15 is 0 Å². The van der Waals surface area contributed by atoms with Crippen molar-refractivity contribution in [1.82, 2.24) is 5.01 Å². The highest BCUT2D eigenvalue weighted by Gasteiger charge is 2.65. The van der Waals surface area contributed by atoms with Crippen LogP contribution in [0.5, 0.6) is 5.75 Å². The first-order valence-electron chi connectivity index (χ1n) is 11.6. The Morgan fingerprint density at radius 1 is 0.833 bits per heavy atom. The molecular weight excluding hydrogens is 458 g/mol. The molecule has 36 heavy (non-hydrogen) atoms. The minimum atomic E-state index is -0.922. The van der Waals surface area contributed by atoms with Crippen LogP contribution in [0.15, 0.2) is 84.0 Å². The number of imide groups is 1. The third-order valence-electron chi connectivity index (χ3n) is 6.98. The Bertz CT molecular complexity index is 1430. The molecule has 2 fully saturated rings. The summed E-state index contributed by atoms with van der Waals surface area (Å²) >= 11 is 0. The highest BCUT2D eigenvalue weighted by Crippen LogP contribution is 2.53. The molecule has 3 aliphatic rings. The van der Waals surface area contributed by atoms with Gasteiger partial charge in [0, 0.05) is 12.5 Å². The number of carbonyl (C=O) groups is 4. The minimum Gasteiger partial charge on any atom is -0.427 e. The number of hydrogen-bond acceptors (Lipinski definition) is 7. The number of Topliss-reactive ketones (excluding diaryl/α,β-unsaturated/α-hetero) is 1. The fraction of sp³-hybridized carbons (Fsp3) is 0.179. The van der Waals surface area contributed by atoms with Crippen molar-refractivity contribution in [2.24, 2.45) is 16.9 Å². The number of nitrogens with zero attached hydrogens (tertiary/aromatic N) is 3. The maximum absolute atomic E-state index is 13.9. The molecule has 178 valence electrons. The third kappa shape index (κ3) is 3.25. The number of rotatable bonds is 4. The maximum atomic E-state index is 13.9. The minimum absolute atomic E-state index is 0.252. The molecule has 3 aliphatic heterocycles. The summed E-state index contributed by atoms with van der Waals surface area (Å²) in [4.78, 5) is 53.9. The van der Waals surface area contributed by atoms with Gasteiger partial charge in [0.25, 0.3) is 0 Å². The molecule has 0 spiro atoms. The molecule has 8 heteroatoms. The van der Waals surface area contributed by atoms with Gasteiger partial charge in [-0.25, -0.2) is 4.90 Å². The average Bonchev–Trinajstić information content (AvgIpc) is 3.37. The molecule has 2 amide bonds. The average molecular weight is 479 g/mol. The van der Waals surface area contributed by atoms with Crippen molar-refractivity contribution in [3.63, 3.8) is 0 Å². The first-order chi connectivity index (χ1) is 17.5. The lowest BCUT2D eigenvalue weighted by Crippen LogP contribution is -2.44. The summed E-state index contributed by atoms with van der Waals surface area (Å²) in [5.74, 6) is -2.91. The van der Waals surface area contributed by atoms with Crippen molar-refractivity contribution < 1.29 is 23.9 Å². The van der Waals surface area contributed by atoms with Gasteiger partial charge in [0.15, 0.2) is 5.78 Å². The van der Waals surface area contributed by atoms with Crippen LogP contribution in [0.3, 0.4) is 0 Å². The van der Waals surface area contributed by atoms with Gasteiger partial charge < -0.3 is 4.74 Å². The normalized spacial score (nSPS) is 23.8. The number of carbonyl (C=O) groups excluding carboxylic acids is 4. The number of amides is 2. The summed E-state index contributed by atoms with van der Waals surface area (Å²) in [5, 5.41) is 6.21. The Morgan fingerprint density at radius 3 is 2.22 bits per heavy atom. The Kier molecular flexibility index (Phi) is 5.03. The van der Waals surface area contributed by atoms with E-state index in [1.165, 1.54) is 19.1 Å². The number of esters is 1. The van der Waals surface area contributed by atoms with Crippen LogP contribution in [-0.4, -0.2) is 40.8 Å². The van der Waals surface area contributed by atoms with Gasteiger partial charge in [-0.2, -0.15) is 5.10 Å². The second-order valence-corrected chi connectivity index (χ2v) is 9.02. The predicted octanol–water partition coefficient (Wildman–Crippen LogP) is 3.37. The number of anilines is 1. The molecule has 3 aromatic rings. The van der Waals surface area contributed by atoms with Crippen LogP contribution in [-0.2, 0) is 14.4 Å². The van der Waals surface area contributed by atoms with E-state index < -0.39 is 35.8 Å². The first kappa shape index (κ1) is 21.9. The zero-order chi connectivity index (χ0) is 25.0. The molecule has 0 saturated carbocycles. The summed E-state index contributed by atoms with van der Waals surface area (Å²) in [6, 6.07) is 21.1. The number of benzene rings is 3. The van der Waals surface area contributed by atoms with E-state index in [0.29, 0.717) is 17.0 Å². The van der Waals surface area contributed by atoms with Gasteiger partial charge in [0.1, 0.15) is 11.8 Å². The Labute approximate surface area is 206 Å². The lowest BCUT2D eigenvalue weighted by atomic mass is 9.83. The molecular formula is C28H21N3O5. The zero-order valence-corrected chi connectivity index (χ0v) is 19.3. The van der Waals surface area contributed by atoms with Crippen molar-refractivity contribution >= 4 is 35.5 Å². The van der Waals surface area contributed by atoms with E-state index in [2.05, 4.69) is 5.10 Å². The number of hydrazone groups is 1. The smallest absolute Gasteiger partial charge is 0.308 e. The van der Waals surface area contributed by atoms with Gasteiger partial charge in [0.05, 0.1) is 29.8 Å². The lowest BCUT2D eigenvalue weighted by molar-refractivity contribution is -0.132. The number of hydrogen-bond donors (Lipinski definition) is 0. The van der Waals surface area contributed by atoms with Crippen molar-refractivity contribution in [2.75, 3.05) is 4.90 Å². The van der Waals surface area contributed by atoms with E-state index in [-0.39, 0.29) is 11.7 Å². The van der Waals surface area contributed by atoms with E-state index in [4.69, 9.17) is 4.74 Å². The van der Waals surface area contributed by atoms with Crippen LogP contribution in [0.1, 0.15) is 34.5 Å². The maximum Gasteiger partial charge on any atom is 0.308 e. The molecule has 2 saturated heterocycles. The molecule has 3 heterocycles. The van der Waals surface area contributed by atoms with Gasteiger partial charge >= 0.3 is 5.97 Å². The Balaban J connectivity index is 1.44. The van der Waals surface area contributed by atoms with Crippen LogP contribution in [0.2, 0.25) is 0 Å². The highest BCUT2D eigenvalue weighted by molar-refractivity contribution is 6.24. The third-order valence-corrected chi connectivity index (χ3v) is 6.98. The van der Waals surface area contributed by atoms with Crippen LogP contribution in [0, 0.1) is 11.8 Å². The number of fused-ring (bicyclic) bond motifs is 5. The summed E-state index contributed by atoms with van der Waals surface area (Å²) in [6.45, 7) is 1.29. The van der Waals surface area contributed by atoms with E-state index in [9.17, 15) is 19.2 Å². The van der Waals surface area contributed by atoms with Crippen LogP contribution in [0.25, 0.3) is 0 Å². The Hall–Kier alpha value is -4.59. The highest BCUT2D eigenvalue weighted by atomic mass is 16.5. The summed E-state index contributed by atoms with van der Waals surface area (Å²) in [6.07, 6.45) is 1.68. The second-order valence-electron chi connectivity index (χ2n) is 9.02. The molecule has 0 bridgehead atoms. The molecule has 0 aromatic heterocycles. The summed E-state index contributed by atoms with van der Waals surface area (Å²) in [5.41, 5.74) is 2.54. The first-order valence-corrected chi connectivity index (χ1v) is 11.6. The van der Waals surface area contributed by atoms with E-state index in [1.54, 1.807) is 47.6 Å². The van der Waals surface area contributed by atoms with Crippen molar-refractivity contribution in [2.45, 2.75) is 19.0 Å². The molecule has 0 N–H and O–H groups in total. The van der Waals surface area contributed by atoms with Crippen LogP contribution in [0.4, 0.5) is 5.69 Å². The molecule has 3 aromatic carbocycles. The van der Waals surface area contributed by atoms with Gasteiger partial charge in [-0.15, -0.1) is 0 Å². The molecule has 6 rings (SSSR count). The van der Waals surface area contributed by atoms with Crippen LogP contribution >= 0.6 is 0 Å². The quantitative estimate of drug-likeness (QED) is 0.246. The summed E-state index contributed by atoms with van der Waals surface area (Å²) < 4.78 is 5.07. The Morgan fingerprint density at radius 2 is 1.50 bits per heavy atom. The van der Waals surface area contributed by atoms with Gasteiger partial charge in [-0.05, 0) is 35.4 Å². The van der Waals surface area contributed by atoms with Crippen molar-refractivity contribution in [3.8, 4) is 5.75 Å².